The molecular formula is C24H29ClF3N3O3. The maximum atomic E-state index is 14.2. The maximum Gasteiger partial charge on any atom is 0.431 e. The number of hydrogen-bond donors (Lipinski definition) is 1. The number of hydrogen-bond acceptors (Lipinski definition) is 2. The van der Waals surface area contributed by atoms with Gasteiger partial charge in [0.2, 0.25) is 0 Å². The number of likely N-dealkylation sites (tertiary alicyclic amines) is 1. The van der Waals surface area contributed by atoms with Gasteiger partial charge in [-0.1, -0.05) is 44.5 Å². The highest BCUT2D eigenvalue weighted by Gasteiger charge is 2.41. The van der Waals surface area contributed by atoms with Crippen LogP contribution >= 0.6 is 11.6 Å². The van der Waals surface area contributed by atoms with Gasteiger partial charge in [-0.15, -0.1) is 0 Å². The summed E-state index contributed by atoms with van der Waals surface area (Å²) in [6.07, 6.45) is -4.95. The summed E-state index contributed by atoms with van der Waals surface area (Å²) in [6, 6.07) is 6.56. The summed E-state index contributed by atoms with van der Waals surface area (Å²) in [5.74, 6) is -0.560. The molecule has 0 bridgehead atoms. The summed E-state index contributed by atoms with van der Waals surface area (Å²) in [4.78, 5) is 27.8. The van der Waals surface area contributed by atoms with Gasteiger partial charge in [-0.2, -0.15) is 13.2 Å². The van der Waals surface area contributed by atoms with Crippen LogP contribution in [0.4, 0.5) is 18.0 Å². The molecule has 2 heterocycles. The van der Waals surface area contributed by atoms with Gasteiger partial charge in [-0.05, 0) is 42.0 Å². The molecule has 0 aliphatic carbocycles. The third-order valence-corrected chi connectivity index (χ3v) is 6.07. The van der Waals surface area contributed by atoms with E-state index >= 15 is 0 Å². The van der Waals surface area contributed by atoms with Crippen molar-refractivity contribution >= 4 is 23.6 Å². The standard InChI is InChI=1S/C24H29ClF3N3O3/c1-23(2,3)14-29(4)21(32)20-18(15-7-9-16(25)10-8-15)12-19(24(26,27)28)31(20)13-17-6-5-11-30(17)22(33)34/h7-10,12,17H,5-6,11,13-14H2,1-4H3,(H,33,34). The minimum absolute atomic E-state index is 0.112. The predicted octanol–water partition coefficient (Wildman–Crippen LogP) is 6.09. The summed E-state index contributed by atoms with van der Waals surface area (Å²) in [7, 11) is 1.56. The van der Waals surface area contributed by atoms with E-state index in [0.29, 0.717) is 30.0 Å². The third kappa shape index (κ3) is 5.68. The van der Waals surface area contributed by atoms with E-state index in [4.69, 9.17) is 11.6 Å². The van der Waals surface area contributed by atoms with Crippen LogP contribution in [0.2, 0.25) is 5.02 Å². The first-order valence-corrected chi connectivity index (χ1v) is 11.4. The van der Waals surface area contributed by atoms with Crippen molar-refractivity contribution in [3.63, 3.8) is 0 Å². The van der Waals surface area contributed by atoms with Gasteiger partial charge >= 0.3 is 12.3 Å². The maximum absolute atomic E-state index is 14.2. The van der Waals surface area contributed by atoms with Crippen molar-refractivity contribution in [1.29, 1.82) is 0 Å². The van der Waals surface area contributed by atoms with E-state index in [9.17, 15) is 27.9 Å². The number of benzene rings is 1. The van der Waals surface area contributed by atoms with Gasteiger partial charge in [0.05, 0.1) is 6.04 Å². The molecule has 3 rings (SSSR count). The molecule has 0 radical (unpaired) electrons. The molecule has 1 aliphatic rings. The van der Waals surface area contributed by atoms with Gasteiger partial charge in [-0.25, -0.2) is 4.79 Å². The van der Waals surface area contributed by atoms with Gasteiger partial charge in [0.15, 0.2) is 0 Å². The molecule has 186 valence electrons. The van der Waals surface area contributed by atoms with E-state index in [1.165, 1.54) is 4.90 Å². The largest absolute Gasteiger partial charge is 0.465 e. The molecule has 0 saturated carbocycles. The topological polar surface area (TPSA) is 65.8 Å². The normalized spacial score (nSPS) is 16.7. The smallest absolute Gasteiger partial charge is 0.431 e. The molecule has 0 spiro atoms. The number of aromatic nitrogens is 1. The Morgan fingerprint density at radius 1 is 1.18 bits per heavy atom. The molecule has 1 aromatic heterocycles. The van der Waals surface area contributed by atoms with Crippen LogP contribution in [0.3, 0.4) is 0 Å². The van der Waals surface area contributed by atoms with Crippen LogP contribution < -0.4 is 0 Å². The Morgan fingerprint density at radius 2 is 1.79 bits per heavy atom. The Morgan fingerprint density at radius 3 is 2.32 bits per heavy atom. The monoisotopic (exact) mass is 499 g/mol. The third-order valence-electron chi connectivity index (χ3n) is 5.82. The summed E-state index contributed by atoms with van der Waals surface area (Å²) < 4.78 is 43.5. The Balaban J connectivity index is 2.20. The quantitative estimate of drug-likeness (QED) is 0.541. The van der Waals surface area contributed by atoms with E-state index in [1.54, 1.807) is 31.3 Å². The first-order chi connectivity index (χ1) is 15.7. The van der Waals surface area contributed by atoms with Crippen LogP contribution in [0.5, 0.6) is 0 Å². The molecule has 1 saturated heterocycles. The lowest BCUT2D eigenvalue weighted by Gasteiger charge is -2.29. The molecule has 1 aromatic carbocycles. The molecule has 34 heavy (non-hydrogen) atoms. The lowest BCUT2D eigenvalue weighted by molar-refractivity contribution is -0.143. The van der Waals surface area contributed by atoms with Crippen LogP contribution in [-0.2, 0) is 12.7 Å². The average Bonchev–Trinajstić information content (AvgIpc) is 3.32. The number of carbonyl (C=O) groups excluding carboxylic acids is 1. The lowest BCUT2D eigenvalue weighted by atomic mass is 9.96. The fourth-order valence-electron chi connectivity index (χ4n) is 4.51. The van der Waals surface area contributed by atoms with Crippen molar-refractivity contribution in [2.45, 2.75) is 52.4 Å². The summed E-state index contributed by atoms with van der Waals surface area (Å²) in [5.41, 5.74) is -0.820. The lowest BCUT2D eigenvalue weighted by Crippen LogP contribution is -2.40. The molecule has 2 aromatic rings. The first kappa shape index (κ1) is 25.9. The van der Waals surface area contributed by atoms with Crippen molar-refractivity contribution in [3.05, 3.63) is 46.7 Å². The molecule has 1 atom stereocenters. The Kier molecular flexibility index (Phi) is 7.26. The predicted molar refractivity (Wildman–Crippen MR) is 124 cm³/mol. The highest BCUT2D eigenvalue weighted by atomic mass is 35.5. The zero-order valence-corrected chi connectivity index (χ0v) is 20.4. The number of rotatable bonds is 5. The zero-order valence-electron chi connectivity index (χ0n) is 19.6. The molecule has 1 N–H and O–H groups in total. The zero-order chi connectivity index (χ0) is 25.4. The summed E-state index contributed by atoms with van der Waals surface area (Å²) >= 11 is 5.97. The number of carboxylic acid groups (broad SMARTS) is 1. The van der Waals surface area contributed by atoms with E-state index in [0.717, 1.165) is 15.5 Å². The number of alkyl halides is 3. The number of halogens is 4. The fraction of sp³-hybridized carbons (Fsp3) is 0.500. The van der Waals surface area contributed by atoms with Gasteiger partial charge in [0.1, 0.15) is 11.4 Å². The van der Waals surface area contributed by atoms with Crippen molar-refractivity contribution < 1.29 is 27.9 Å². The minimum Gasteiger partial charge on any atom is -0.465 e. The molecule has 6 nitrogen and oxygen atoms in total. The van der Waals surface area contributed by atoms with Crippen molar-refractivity contribution in [1.82, 2.24) is 14.4 Å². The Bertz CT molecular complexity index is 1060. The van der Waals surface area contributed by atoms with Crippen LogP contribution in [0, 0.1) is 5.41 Å². The number of amides is 2. The van der Waals surface area contributed by atoms with Crippen molar-refractivity contribution in [2.75, 3.05) is 20.1 Å². The van der Waals surface area contributed by atoms with E-state index in [1.807, 2.05) is 20.8 Å². The van der Waals surface area contributed by atoms with Crippen molar-refractivity contribution in [3.8, 4) is 11.1 Å². The molecule has 1 aliphatic heterocycles. The van der Waals surface area contributed by atoms with Crippen LogP contribution in [0.15, 0.2) is 30.3 Å². The molecular weight excluding hydrogens is 471 g/mol. The summed E-state index contributed by atoms with van der Waals surface area (Å²) in [5, 5.41) is 9.92. The number of nitrogens with zero attached hydrogens (tertiary/aromatic N) is 3. The van der Waals surface area contributed by atoms with Gasteiger partial charge in [0.25, 0.3) is 5.91 Å². The van der Waals surface area contributed by atoms with E-state index < -0.39 is 29.9 Å². The SMILES string of the molecule is CN(CC(C)(C)C)C(=O)c1c(-c2ccc(Cl)cc2)cc(C(F)(F)F)n1CC1CCCN1C(=O)O. The van der Waals surface area contributed by atoms with Gasteiger partial charge in [-0.3, -0.25) is 4.79 Å². The first-order valence-electron chi connectivity index (χ1n) is 11.0. The van der Waals surface area contributed by atoms with Crippen molar-refractivity contribution in [2.24, 2.45) is 5.41 Å². The minimum atomic E-state index is -4.74. The average molecular weight is 500 g/mol. The van der Waals surface area contributed by atoms with Crippen LogP contribution in [-0.4, -0.2) is 57.7 Å². The molecule has 2 amide bonds. The Hall–Kier alpha value is -2.68. The Labute approximate surface area is 201 Å². The molecule has 10 heteroatoms. The summed E-state index contributed by atoms with van der Waals surface area (Å²) in [6.45, 7) is 6.10. The molecule has 1 unspecified atom stereocenters. The second-order valence-electron chi connectivity index (χ2n) is 9.90. The van der Waals surface area contributed by atoms with Gasteiger partial charge in [0, 0.05) is 37.3 Å². The second kappa shape index (κ2) is 9.52. The highest BCUT2D eigenvalue weighted by Crippen LogP contribution is 2.39. The second-order valence-corrected chi connectivity index (χ2v) is 10.3. The molecule has 1 fully saturated rings. The van der Waals surface area contributed by atoms with E-state index in [2.05, 4.69) is 0 Å². The van der Waals surface area contributed by atoms with E-state index in [-0.39, 0.29) is 29.8 Å². The fourth-order valence-corrected chi connectivity index (χ4v) is 4.63. The van der Waals surface area contributed by atoms with Gasteiger partial charge < -0.3 is 19.5 Å². The van der Waals surface area contributed by atoms with Crippen LogP contribution in [0.1, 0.15) is 49.8 Å². The number of carbonyl (C=O) groups is 2. The highest BCUT2D eigenvalue weighted by molar-refractivity contribution is 6.30. The van der Waals surface area contributed by atoms with Crippen LogP contribution in [0.25, 0.3) is 11.1 Å².